The number of fused-ring (bicyclic) bond motifs is 1. The van der Waals surface area contributed by atoms with Gasteiger partial charge in [-0.25, -0.2) is 0 Å². The van der Waals surface area contributed by atoms with Crippen LogP contribution in [0.15, 0.2) is 78.0 Å². The van der Waals surface area contributed by atoms with Gasteiger partial charge in [-0.15, -0.1) is 0 Å². The highest BCUT2D eigenvalue weighted by Gasteiger charge is 2.47. The average Bonchev–Trinajstić information content (AvgIpc) is 2.86. The Hall–Kier alpha value is -4.40. The molecule has 2 heterocycles. The van der Waals surface area contributed by atoms with Crippen LogP contribution in [0.2, 0.25) is 0 Å². The average molecular weight is 439 g/mol. The Balaban J connectivity index is 1.76. The largest absolute Gasteiger partial charge is 0.489 e. The van der Waals surface area contributed by atoms with Crippen molar-refractivity contribution in [3.05, 3.63) is 89.7 Å². The smallest absolute Gasteiger partial charge is 0.182 e. The predicted molar refractivity (Wildman–Crippen MR) is 120 cm³/mol. The van der Waals surface area contributed by atoms with Gasteiger partial charge in [-0.1, -0.05) is 18.2 Å². The van der Waals surface area contributed by atoms with Crippen molar-refractivity contribution in [1.82, 2.24) is 10.3 Å². The molecule has 2 aromatic carbocycles. The number of hydrogen-bond acceptors (Lipinski definition) is 7. The van der Waals surface area contributed by atoms with E-state index in [2.05, 4.69) is 16.4 Å². The number of aliphatic hydroxyl groups is 1. The van der Waals surface area contributed by atoms with Crippen molar-refractivity contribution in [2.24, 2.45) is 4.99 Å². The predicted octanol–water partition coefficient (Wildman–Crippen LogP) is 3.10. The molecule has 1 aliphatic heterocycles. The molecule has 0 saturated heterocycles. The Morgan fingerprint density at radius 2 is 2.03 bits per heavy atom. The Morgan fingerprint density at radius 1 is 1.21 bits per heavy atom. The molecule has 4 rings (SSSR count). The minimum atomic E-state index is -1.15. The molecule has 0 unspecified atom stereocenters. The van der Waals surface area contributed by atoms with Crippen LogP contribution in [0.1, 0.15) is 29.7 Å². The number of pyridine rings is 1. The van der Waals surface area contributed by atoms with Crippen molar-refractivity contribution in [3.8, 4) is 23.8 Å². The Kier molecular flexibility index (Phi) is 6.21. The van der Waals surface area contributed by atoms with E-state index in [9.17, 15) is 15.6 Å². The first-order valence-corrected chi connectivity index (χ1v) is 10.3. The van der Waals surface area contributed by atoms with Gasteiger partial charge in [0.1, 0.15) is 36.1 Å². The van der Waals surface area contributed by atoms with Crippen molar-refractivity contribution in [1.29, 1.82) is 10.5 Å². The van der Waals surface area contributed by atoms with Crippen LogP contribution in [0.5, 0.6) is 11.5 Å². The van der Waals surface area contributed by atoms with Crippen LogP contribution in [0, 0.1) is 22.8 Å². The highest BCUT2D eigenvalue weighted by atomic mass is 16.6. The van der Waals surface area contributed by atoms with Crippen molar-refractivity contribution in [2.45, 2.75) is 24.7 Å². The third-order valence-corrected chi connectivity index (χ3v) is 5.37. The van der Waals surface area contributed by atoms with Crippen molar-refractivity contribution >= 4 is 5.84 Å². The van der Waals surface area contributed by atoms with E-state index in [1.165, 1.54) is 0 Å². The molecule has 0 fully saturated rings. The maximum absolute atomic E-state index is 11.4. The van der Waals surface area contributed by atoms with E-state index < -0.39 is 17.7 Å². The molecule has 8 nitrogen and oxygen atoms in total. The highest BCUT2D eigenvalue weighted by Crippen LogP contribution is 2.43. The number of nitriles is 2. The maximum Gasteiger partial charge on any atom is 0.182 e. The van der Waals surface area contributed by atoms with Crippen LogP contribution in [0.3, 0.4) is 0 Å². The fourth-order valence-electron chi connectivity index (χ4n) is 3.63. The second-order valence-corrected chi connectivity index (χ2v) is 7.73. The zero-order valence-electron chi connectivity index (χ0n) is 17.8. The number of aromatic nitrogens is 1. The fourth-order valence-corrected chi connectivity index (χ4v) is 3.63. The first-order valence-electron chi connectivity index (χ1n) is 10.3. The molecule has 33 heavy (non-hydrogen) atoms. The van der Waals surface area contributed by atoms with Gasteiger partial charge >= 0.3 is 0 Å². The number of ether oxygens (including phenoxy) is 2. The Bertz CT molecular complexity index is 1230. The molecule has 0 bridgehead atoms. The lowest BCUT2D eigenvalue weighted by Crippen LogP contribution is -2.55. The number of nitrogens with zero attached hydrogens (tertiary/aromatic N) is 4. The van der Waals surface area contributed by atoms with Crippen molar-refractivity contribution in [2.75, 3.05) is 6.61 Å². The molecular weight excluding hydrogens is 418 g/mol. The second-order valence-electron chi connectivity index (χ2n) is 7.73. The number of hydrogen-bond donors (Lipinski definition) is 2. The summed E-state index contributed by atoms with van der Waals surface area (Å²) in [6.07, 6.45) is 3.93. The van der Waals surface area contributed by atoms with E-state index in [1.54, 1.807) is 49.6 Å². The van der Waals surface area contributed by atoms with Crippen LogP contribution in [0.25, 0.3) is 0 Å². The van der Waals surface area contributed by atoms with E-state index in [0.717, 1.165) is 0 Å². The van der Waals surface area contributed by atoms with Crippen molar-refractivity contribution < 1.29 is 14.6 Å². The van der Waals surface area contributed by atoms with E-state index >= 15 is 0 Å². The van der Waals surface area contributed by atoms with Crippen LogP contribution in [-0.4, -0.2) is 34.2 Å². The fraction of sp³-hybridized carbons (Fsp3) is 0.200. The SMILES string of the molecule is C[C@]1(COc2ccccc2)Oc2ccc(C#N)cc2[C@@H](N=C(NC#N)c2cccnc2)[C@@H]1O. The van der Waals surface area contributed by atoms with E-state index in [0.29, 0.717) is 28.2 Å². The molecule has 0 radical (unpaired) electrons. The molecule has 2 N–H and O–H groups in total. The molecule has 0 amide bonds. The lowest BCUT2D eigenvalue weighted by atomic mass is 9.85. The lowest BCUT2D eigenvalue weighted by molar-refractivity contribution is -0.0908. The van der Waals surface area contributed by atoms with Gasteiger partial charge < -0.3 is 14.6 Å². The van der Waals surface area contributed by atoms with Gasteiger partial charge in [0, 0.05) is 23.5 Å². The summed E-state index contributed by atoms with van der Waals surface area (Å²) in [5, 5.41) is 32.6. The summed E-state index contributed by atoms with van der Waals surface area (Å²) in [6, 6.07) is 19.0. The first kappa shape index (κ1) is 21.8. The number of amidine groups is 1. The molecule has 1 aliphatic rings. The molecular formula is C25H21N5O3. The standard InChI is InChI=1S/C25H21N5O3/c1-25(15-32-19-7-3-2-4-8-19)23(31)22(20-12-17(13-26)9-10-21(20)33-25)30-24(29-16-27)18-6-5-11-28-14-18/h2-12,14,22-23,31H,15H2,1H3,(H,29,30)/t22-,23+,25-/m1/s1. The topological polar surface area (TPSA) is 124 Å². The Morgan fingerprint density at radius 3 is 2.73 bits per heavy atom. The number of para-hydroxylation sites is 1. The molecule has 0 spiro atoms. The first-order chi connectivity index (χ1) is 16.0. The number of aliphatic imine (C=N–C) groups is 1. The summed E-state index contributed by atoms with van der Waals surface area (Å²) in [5.41, 5.74) is 0.376. The number of aliphatic hydroxyl groups excluding tert-OH is 1. The van der Waals surface area contributed by atoms with Crippen molar-refractivity contribution in [3.63, 3.8) is 0 Å². The van der Waals surface area contributed by atoms with Gasteiger partial charge in [0.15, 0.2) is 11.8 Å². The summed E-state index contributed by atoms with van der Waals surface area (Å²) in [7, 11) is 0. The molecule has 3 atom stereocenters. The lowest BCUT2D eigenvalue weighted by Gasteiger charge is -2.42. The minimum Gasteiger partial charge on any atom is -0.489 e. The van der Waals surface area contributed by atoms with Crippen LogP contribution >= 0.6 is 0 Å². The molecule has 8 heteroatoms. The van der Waals surface area contributed by atoms with Crippen LogP contribution in [-0.2, 0) is 0 Å². The molecule has 1 aromatic heterocycles. The zero-order chi connectivity index (χ0) is 23.3. The summed E-state index contributed by atoms with van der Waals surface area (Å²) in [6.45, 7) is 1.79. The van der Waals surface area contributed by atoms with Gasteiger partial charge in [0.25, 0.3) is 0 Å². The summed E-state index contributed by atoms with van der Waals surface area (Å²) in [5.74, 6) is 1.37. The molecule has 0 saturated carbocycles. The normalized spacial score (nSPS) is 21.6. The van der Waals surface area contributed by atoms with E-state index in [1.807, 2.05) is 36.5 Å². The Labute approximate surface area is 191 Å². The van der Waals surface area contributed by atoms with Gasteiger partial charge in [0.2, 0.25) is 0 Å². The second kappa shape index (κ2) is 9.39. The monoisotopic (exact) mass is 439 g/mol. The molecule has 164 valence electrons. The minimum absolute atomic E-state index is 0.0531. The summed E-state index contributed by atoms with van der Waals surface area (Å²) < 4.78 is 12.1. The third-order valence-electron chi connectivity index (χ3n) is 5.37. The maximum atomic E-state index is 11.4. The van der Waals surface area contributed by atoms with Crippen LogP contribution < -0.4 is 14.8 Å². The van der Waals surface area contributed by atoms with Gasteiger partial charge in [-0.2, -0.15) is 10.5 Å². The van der Waals surface area contributed by atoms with Gasteiger partial charge in [-0.3, -0.25) is 15.3 Å². The quantitative estimate of drug-likeness (QED) is 0.271. The molecule has 3 aromatic rings. The number of nitrogens with one attached hydrogen (secondary N) is 1. The number of rotatable bonds is 5. The van der Waals surface area contributed by atoms with Gasteiger partial charge in [-0.05, 0) is 49.4 Å². The summed E-state index contributed by atoms with van der Waals surface area (Å²) >= 11 is 0. The zero-order valence-corrected chi connectivity index (χ0v) is 17.8. The van der Waals surface area contributed by atoms with Gasteiger partial charge in [0.05, 0.1) is 11.6 Å². The molecule has 0 aliphatic carbocycles. The number of benzene rings is 2. The van der Waals surface area contributed by atoms with E-state index in [4.69, 9.17) is 14.5 Å². The van der Waals surface area contributed by atoms with Crippen LogP contribution in [0.4, 0.5) is 0 Å². The van der Waals surface area contributed by atoms with E-state index in [-0.39, 0.29) is 12.4 Å². The third kappa shape index (κ3) is 4.62. The summed E-state index contributed by atoms with van der Waals surface area (Å²) in [4.78, 5) is 8.77. The highest BCUT2D eigenvalue weighted by molar-refractivity contribution is 5.99.